The van der Waals surface area contributed by atoms with Gasteiger partial charge >= 0.3 is 0 Å². The number of nitrogens with zero attached hydrogens (tertiary/aromatic N) is 1. The van der Waals surface area contributed by atoms with Gasteiger partial charge in [-0.15, -0.1) is 0 Å². The zero-order chi connectivity index (χ0) is 13.0. The molecule has 1 atom stereocenters. The molecule has 0 aliphatic carbocycles. The van der Waals surface area contributed by atoms with E-state index in [4.69, 9.17) is 14.7 Å². The minimum atomic E-state index is -0.645. The molecular formula is C13H15N3O2. The molecule has 0 aromatic heterocycles. The Bertz CT molecular complexity index is 484. The molecule has 0 saturated heterocycles. The fourth-order valence-electron chi connectivity index (χ4n) is 1.79. The number of hydrazine groups is 1. The molecule has 1 heterocycles. The SMILES string of the molecule is CCC1(OC)NNC=C1Oc1ccc(C#N)cc1. The van der Waals surface area contributed by atoms with Gasteiger partial charge in [0.15, 0.2) is 11.5 Å². The minimum Gasteiger partial charge on any atom is -0.456 e. The molecule has 0 saturated carbocycles. The third-order valence-electron chi connectivity index (χ3n) is 2.93. The minimum absolute atomic E-state index is 0.604. The topological polar surface area (TPSA) is 66.3 Å². The number of nitriles is 1. The monoisotopic (exact) mass is 245 g/mol. The Balaban J connectivity index is 2.16. The molecule has 0 radical (unpaired) electrons. The second kappa shape index (κ2) is 5.08. The fraction of sp³-hybridized carbons (Fsp3) is 0.308. The van der Waals surface area contributed by atoms with Crippen LogP contribution in [0.1, 0.15) is 18.9 Å². The first-order valence-electron chi connectivity index (χ1n) is 5.70. The van der Waals surface area contributed by atoms with Gasteiger partial charge in [0, 0.05) is 7.11 Å². The van der Waals surface area contributed by atoms with Gasteiger partial charge < -0.3 is 14.9 Å². The molecule has 0 spiro atoms. The van der Waals surface area contributed by atoms with Crippen LogP contribution in [-0.4, -0.2) is 12.8 Å². The van der Waals surface area contributed by atoms with Gasteiger partial charge in [0.05, 0.1) is 17.8 Å². The normalized spacial score (nSPS) is 21.9. The van der Waals surface area contributed by atoms with Gasteiger partial charge in [-0.1, -0.05) is 6.92 Å². The molecular weight excluding hydrogens is 230 g/mol. The molecule has 1 aromatic rings. The molecule has 5 heteroatoms. The van der Waals surface area contributed by atoms with Crippen LogP contribution in [0.2, 0.25) is 0 Å². The summed E-state index contributed by atoms with van der Waals surface area (Å²) in [5.74, 6) is 1.33. The van der Waals surface area contributed by atoms with Gasteiger partial charge in [0.25, 0.3) is 0 Å². The average molecular weight is 245 g/mol. The summed E-state index contributed by atoms with van der Waals surface area (Å²) in [6, 6.07) is 9.01. The van der Waals surface area contributed by atoms with Gasteiger partial charge in [-0.25, -0.2) is 0 Å². The van der Waals surface area contributed by atoms with Gasteiger partial charge in [0.1, 0.15) is 5.75 Å². The first-order valence-corrected chi connectivity index (χ1v) is 5.70. The van der Waals surface area contributed by atoms with E-state index < -0.39 is 5.72 Å². The van der Waals surface area contributed by atoms with Crippen molar-refractivity contribution in [3.05, 3.63) is 41.8 Å². The number of rotatable bonds is 4. The maximum Gasteiger partial charge on any atom is 0.195 e. The molecule has 2 rings (SSSR count). The van der Waals surface area contributed by atoms with E-state index in [2.05, 4.69) is 16.9 Å². The molecule has 1 aliphatic rings. The average Bonchev–Trinajstić information content (AvgIpc) is 2.83. The lowest BCUT2D eigenvalue weighted by Gasteiger charge is -2.28. The molecule has 0 fully saturated rings. The van der Waals surface area contributed by atoms with Crippen LogP contribution in [0, 0.1) is 11.3 Å². The Hall–Kier alpha value is -2.03. The zero-order valence-electron chi connectivity index (χ0n) is 10.4. The number of methoxy groups -OCH3 is 1. The molecule has 94 valence electrons. The quantitative estimate of drug-likeness (QED) is 0.844. The summed E-state index contributed by atoms with van der Waals surface area (Å²) in [6.45, 7) is 2.00. The molecule has 2 N–H and O–H groups in total. The summed E-state index contributed by atoms with van der Waals surface area (Å²) in [5.41, 5.74) is 5.87. The zero-order valence-corrected chi connectivity index (χ0v) is 10.4. The highest BCUT2D eigenvalue weighted by Crippen LogP contribution is 2.27. The molecule has 18 heavy (non-hydrogen) atoms. The van der Waals surface area contributed by atoms with E-state index in [1.807, 2.05) is 6.92 Å². The van der Waals surface area contributed by atoms with Crippen molar-refractivity contribution in [3.63, 3.8) is 0 Å². The second-order valence-electron chi connectivity index (χ2n) is 3.90. The summed E-state index contributed by atoms with van der Waals surface area (Å²) >= 11 is 0. The number of ether oxygens (including phenoxy) is 2. The van der Waals surface area contributed by atoms with Crippen LogP contribution in [-0.2, 0) is 4.74 Å². The van der Waals surface area contributed by atoms with Crippen LogP contribution in [0.3, 0.4) is 0 Å². The highest BCUT2D eigenvalue weighted by Gasteiger charge is 2.38. The van der Waals surface area contributed by atoms with Crippen molar-refractivity contribution in [1.29, 1.82) is 5.26 Å². The lowest BCUT2D eigenvalue weighted by atomic mass is 10.1. The summed E-state index contributed by atoms with van der Waals surface area (Å²) in [5, 5.41) is 8.73. The first kappa shape index (κ1) is 12.4. The van der Waals surface area contributed by atoms with Crippen molar-refractivity contribution >= 4 is 0 Å². The van der Waals surface area contributed by atoms with Crippen molar-refractivity contribution < 1.29 is 9.47 Å². The van der Waals surface area contributed by atoms with E-state index in [1.165, 1.54) is 0 Å². The Kier molecular flexibility index (Phi) is 3.51. The standard InChI is InChI=1S/C13H15N3O2/c1-3-13(17-2)12(9-15-16-13)18-11-6-4-10(8-14)5-7-11/h4-7,9,15-16H,3H2,1-2H3. The largest absolute Gasteiger partial charge is 0.456 e. The van der Waals surface area contributed by atoms with Crippen molar-refractivity contribution in [2.75, 3.05) is 7.11 Å². The van der Waals surface area contributed by atoms with Crippen molar-refractivity contribution in [1.82, 2.24) is 10.9 Å². The van der Waals surface area contributed by atoms with Crippen LogP contribution in [0.4, 0.5) is 0 Å². The van der Waals surface area contributed by atoms with E-state index in [9.17, 15) is 0 Å². The lowest BCUT2D eigenvalue weighted by Crippen LogP contribution is -2.48. The van der Waals surface area contributed by atoms with Crippen molar-refractivity contribution in [2.24, 2.45) is 0 Å². The summed E-state index contributed by atoms with van der Waals surface area (Å²) < 4.78 is 11.2. The fourth-order valence-corrected chi connectivity index (χ4v) is 1.79. The Morgan fingerprint density at radius 2 is 2.06 bits per heavy atom. The maximum atomic E-state index is 8.73. The second-order valence-corrected chi connectivity index (χ2v) is 3.90. The van der Waals surface area contributed by atoms with E-state index >= 15 is 0 Å². The van der Waals surface area contributed by atoms with E-state index in [-0.39, 0.29) is 0 Å². The van der Waals surface area contributed by atoms with Gasteiger partial charge in [0.2, 0.25) is 0 Å². The highest BCUT2D eigenvalue weighted by molar-refractivity contribution is 5.36. The molecule has 1 aromatic carbocycles. The maximum absolute atomic E-state index is 8.73. The van der Waals surface area contributed by atoms with Gasteiger partial charge in [-0.05, 0) is 30.7 Å². The number of nitrogens with one attached hydrogen (secondary N) is 2. The predicted molar refractivity (Wildman–Crippen MR) is 66.2 cm³/mol. The Morgan fingerprint density at radius 1 is 1.33 bits per heavy atom. The van der Waals surface area contributed by atoms with E-state index in [0.717, 1.165) is 6.42 Å². The summed E-state index contributed by atoms with van der Waals surface area (Å²) in [4.78, 5) is 0. The lowest BCUT2D eigenvalue weighted by molar-refractivity contribution is -0.0312. The molecule has 0 bridgehead atoms. The molecule has 1 aliphatic heterocycles. The first-order chi connectivity index (χ1) is 8.74. The van der Waals surface area contributed by atoms with E-state index in [1.54, 1.807) is 37.6 Å². The third kappa shape index (κ3) is 2.16. The number of benzene rings is 1. The smallest absolute Gasteiger partial charge is 0.195 e. The number of hydrogen-bond donors (Lipinski definition) is 2. The van der Waals surface area contributed by atoms with Crippen molar-refractivity contribution in [3.8, 4) is 11.8 Å². The van der Waals surface area contributed by atoms with Crippen LogP contribution in [0.15, 0.2) is 36.2 Å². The predicted octanol–water partition coefficient (Wildman–Crippen LogP) is 1.64. The van der Waals surface area contributed by atoms with Crippen LogP contribution < -0.4 is 15.6 Å². The highest BCUT2D eigenvalue weighted by atomic mass is 16.6. The molecule has 0 amide bonds. The molecule has 1 unspecified atom stereocenters. The molecule has 5 nitrogen and oxygen atoms in total. The summed E-state index contributed by atoms with van der Waals surface area (Å²) in [6.07, 6.45) is 2.45. The van der Waals surface area contributed by atoms with Crippen LogP contribution in [0.25, 0.3) is 0 Å². The van der Waals surface area contributed by atoms with Gasteiger partial charge in [-0.2, -0.15) is 10.7 Å². The van der Waals surface area contributed by atoms with Crippen LogP contribution >= 0.6 is 0 Å². The van der Waals surface area contributed by atoms with E-state index in [0.29, 0.717) is 17.1 Å². The third-order valence-corrected chi connectivity index (χ3v) is 2.93. The Labute approximate surface area is 106 Å². The number of hydrogen-bond acceptors (Lipinski definition) is 5. The van der Waals surface area contributed by atoms with Crippen molar-refractivity contribution in [2.45, 2.75) is 19.1 Å². The van der Waals surface area contributed by atoms with Crippen LogP contribution in [0.5, 0.6) is 5.75 Å². The van der Waals surface area contributed by atoms with Gasteiger partial charge in [-0.3, -0.25) is 0 Å². The summed E-state index contributed by atoms with van der Waals surface area (Å²) in [7, 11) is 1.62. The Morgan fingerprint density at radius 3 is 2.61 bits per heavy atom.